The lowest BCUT2D eigenvalue weighted by molar-refractivity contribution is -0.384. The molecular weight excluding hydrogens is 364 g/mol. The van der Waals surface area contributed by atoms with Crippen molar-refractivity contribution in [2.45, 2.75) is 32.3 Å². The Bertz CT molecular complexity index is 866. The van der Waals surface area contributed by atoms with Gasteiger partial charge in [-0.1, -0.05) is 36.4 Å². The fourth-order valence-electron chi connectivity index (χ4n) is 2.46. The molecular formula is C20H20N2O6. The van der Waals surface area contributed by atoms with E-state index in [0.29, 0.717) is 11.3 Å². The number of ketones is 1. The number of non-ortho nitro benzene ring substituents is 1. The molecule has 8 nitrogen and oxygen atoms in total. The van der Waals surface area contributed by atoms with Gasteiger partial charge in [-0.15, -0.1) is 0 Å². The van der Waals surface area contributed by atoms with Gasteiger partial charge in [-0.25, -0.2) is 0 Å². The van der Waals surface area contributed by atoms with Crippen LogP contribution in [0.3, 0.4) is 0 Å². The van der Waals surface area contributed by atoms with Gasteiger partial charge in [-0.3, -0.25) is 24.5 Å². The second-order valence-corrected chi connectivity index (χ2v) is 6.07. The van der Waals surface area contributed by atoms with E-state index >= 15 is 0 Å². The number of Topliss-reactive ketones (excluding diaryl/α,β-unsaturated/α-hetero) is 1. The van der Waals surface area contributed by atoms with E-state index in [1.165, 1.54) is 31.2 Å². The van der Waals surface area contributed by atoms with Gasteiger partial charge in [0, 0.05) is 36.2 Å². The van der Waals surface area contributed by atoms with E-state index < -0.39 is 17.0 Å². The fraction of sp³-hybridized carbons (Fsp3) is 0.250. The van der Waals surface area contributed by atoms with E-state index in [2.05, 4.69) is 5.32 Å². The lowest BCUT2D eigenvalue weighted by atomic mass is 10.1. The van der Waals surface area contributed by atoms with Crippen LogP contribution in [0, 0.1) is 10.1 Å². The molecule has 0 aromatic heterocycles. The van der Waals surface area contributed by atoms with Crippen molar-refractivity contribution in [3.63, 3.8) is 0 Å². The molecule has 0 radical (unpaired) electrons. The van der Waals surface area contributed by atoms with Crippen molar-refractivity contribution in [3.8, 4) is 0 Å². The van der Waals surface area contributed by atoms with E-state index in [9.17, 15) is 24.5 Å². The van der Waals surface area contributed by atoms with Gasteiger partial charge in [-0.2, -0.15) is 0 Å². The van der Waals surface area contributed by atoms with Crippen molar-refractivity contribution < 1.29 is 24.0 Å². The summed E-state index contributed by atoms with van der Waals surface area (Å²) >= 11 is 0. The molecule has 0 heterocycles. The SMILES string of the molecule is C[C@@H](OC(=O)CCCC(=O)Nc1cccc([N+](=O)[O-])c1)C(=O)c1ccccc1. The zero-order valence-electron chi connectivity index (χ0n) is 15.3. The van der Waals surface area contributed by atoms with Crippen molar-refractivity contribution in [2.75, 3.05) is 5.32 Å². The van der Waals surface area contributed by atoms with Crippen LogP contribution >= 0.6 is 0 Å². The van der Waals surface area contributed by atoms with E-state index in [0.717, 1.165) is 0 Å². The molecule has 0 bridgehead atoms. The Labute approximate surface area is 161 Å². The standard InChI is InChI=1S/C20H20N2O6/c1-14(20(25)15-7-3-2-4-8-15)28-19(24)12-6-11-18(23)21-16-9-5-10-17(13-16)22(26)27/h2-5,7-10,13-14H,6,11-12H2,1H3,(H,21,23)/t14-/m1/s1. The number of hydrogen-bond donors (Lipinski definition) is 1. The average molecular weight is 384 g/mol. The van der Waals surface area contributed by atoms with Gasteiger partial charge in [0.05, 0.1) is 4.92 Å². The van der Waals surface area contributed by atoms with Crippen LogP contribution in [0.5, 0.6) is 0 Å². The Morgan fingerprint density at radius 1 is 1.07 bits per heavy atom. The first kappa shape index (κ1) is 20.8. The molecule has 0 aliphatic heterocycles. The van der Waals surface area contributed by atoms with Gasteiger partial charge in [0.1, 0.15) is 0 Å². The minimum absolute atomic E-state index is 0.0191. The minimum atomic E-state index is -0.909. The Balaban J connectivity index is 1.74. The molecule has 28 heavy (non-hydrogen) atoms. The molecule has 0 aliphatic carbocycles. The number of nitrogens with zero attached hydrogens (tertiary/aromatic N) is 1. The molecule has 1 atom stereocenters. The number of hydrogen-bond acceptors (Lipinski definition) is 6. The summed E-state index contributed by atoms with van der Waals surface area (Å²) in [6, 6.07) is 14.1. The third-order valence-corrected chi connectivity index (χ3v) is 3.86. The molecule has 146 valence electrons. The zero-order chi connectivity index (χ0) is 20.5. The number of amides is 1. The number of carbonyl (C=O) groups is 3. The monoisotopic (exact) mass is 384 g/mol. The second-order valence-electron chi connectivity index (χ2n) is 6.07. The van der Waals surface area contributed by atoms with Gasteiger partial charge in [0.2, 0.25) is 11.7 Å². The maximum Gasteiger partial charge on any atom is 0.306 e. The van der Waals surface area contributed by atoms with Crippen molar-refractivity contribution >= 4 is 29.0 Å². The Hall–Kier alpha value is -3.55. The van der Waals surface area contributed by atoms with Crippen LogP contribution in [0.4, 0.5) is 11.4 Å². The van der Waals surface area contributed by atoms with Crippen LogP contribution in [0.15, 0.2) is 54.6 Å². The van der Waals surface area contributed by atoms with Gasteiger partial charge in [-0.05, 0) is 19.4 Å². The number of ether oxygens (including phenoxy) is 1. The maximum atomic E-state index is 12.2. The molecule has 8 heteroatoms. The quantitative estimate of drug-likeness (QED) is 0.306. The first-order chi connectivity index (χ1) is 13.4. The first-order valence-electron chi connectivity index (χ1n) is 8.70. The van der Waals surface area contributed by atoms with Crippen molar-refractivity contribution in [3.05, 3.63) is 70.3 Å². The Morgan fingerprint density at radius 3 is 2.46 bits per heavy atom. The summed E-state index contributed by atoms with van der Waals surface area (Å²) < 4.78 is 5.11. The highest BCUT2D eigenvalue weighted by molar-refractivity contribution is 6.00. The van der Waals surface area contributed by atoms with Crippen LogP contribution in [0.25, 0.3) is 0 Å². The van der Waals surface area contributed by atoms with E-state index in [1.54, 1.807) is 30.3 Å². The highest BCUT2D eigenvalue weighted by Gasteiger charge is 2.19. The van der Waals surface area contributed by atoms with Gasteiger partial charge < -0.3 is 10.1 Å². The molecule has 0 aliphatic rings. The number of benzene rings is 2. The van der Waals surface area contributed by atoms with Crippen LogP contribution in [0.1, 0.15) is 36.5 Å². The number of nitrogens with one attached hydrogen (secondary N) is 1. The summed E-state index contributed by atoms with van der Waals surface area (Å²) in [4.78, 5) is 46.1. The zero-order valence-corrected chi connectivity index (χ0v) is 15.3. The van der Waals surface area contributed by atoms with Crippen molar-refractivity contribution in [1.82, 2.24) is 0 Å². The van der Waals surface area contributed by atoms with Crippen molar-refractivity contribution in [1.29, 1.82) is 0 Å². The molecule has 0 saturated heterocycles. The highest BCUT2D eigenvalue weighted by Crippen LogP contribution is 2.17. The second kappa shape index (κ2) is 9.96. The lowest BCUT2D eigenvalue weighted by Gasteiger charge is -2.12. The molecule has 0 unspecified atom stereocenters. The summed E-state index contributed by atoms with van der Waals surface area (Å²) in [7, 11) is 0. The van der Waals surface area contributed by atoms with Crippen LogP contribution in [-0.4, -0.2) is 28.7 Å². The molecule has 1 N–H and O–H groups in total. The van der Waals surface area contributed by atoms with E-state index in [-0.39, 0.29) is 36.6 Å². The first-order valence-corrected chi connectivity index (χ1v) is 8.70. The van der Waals surface area contributed by atoms with E-state index in [1.807, 2.05) is 0 Å². The number of anilines is 1. The summed E-state index contributed by atoms with van der Waals surface area (Å²) in [5.74, 6) is -1.24. The molecule has 2 rings (SSSR count). The van der Waals surface area contributed by atoms with Crippen LogP contribution < -0.4 is 5.32 Å². The molecule has 0 fully saturated rings. The normalized spacial score (nSPS) is 11.3. The van der Waals surface area contributed by atoms with Crippen LogP contribution in [-0.2, 0) is 14.3 Å². The third-order valence-electron chi connectivity index (χ3n) is 3.86. The van der Waals surface area contributed by atoms with Gasteiger partial charge in [0.15, 0.2) is 6.10 Å². The smallest absolute Gasteiger partial charge is 0.306 e. The third kappa shape index (κ3) is 6.31. The van der Waals surface area contributed by atoms with Crippen molar-refractivity contribution in [2.24, 2.45) is 0 Å². The number of carbonyl (C=O) groups excluding carboxylic acids is 3. The maximum absolute atomic E-state index is 12.2. The number of rotatable bonds is 9. The van der Waals surface area contributed by atoms with Gasteiger partial charge in [0.25, 0.3) is 5.69 Å². The topological polar surface area (TPSA) is 116 Å². The molecule has 0 saturated carbocycles. The minimum Gasteiger partial charge on any atom is -0.454 e. The number of nitro groups is 1. The van der Waals surface area contributed by atoms with Gasteiger partial charge >= 0.3 is 5.97 Å². The number of nitro benzene ring substituents is 1. The fourth-order valence-corrected chi connectivity index (χ4v) is 2.46. The largest absolute Gasteiger partial charge is 0.454 e. The molecule has 1 amide bonds. The lowest BCUT2D eigenvalue weighted by Crippen LogP contribution is -2.24. The summed E-state index contributed by atoms with van der Waals surface area (Å²) in [6.07, 6.45) is -0.659. The van der Waals surface area contributed by atoms with Crippen LogP contribution in [0.2, 0.25) is 0 Å². The van der Waals surface area contributed by atoms with E-state index in [4.69, 9.17) is 4.74 Å². The molecule has 2 aromatic carbocycles. The summed E-state index contributed by atoms with van der Waals surface area (Å²) in [6.45, 7) is 1.50. The molecule has 0 spiro atoms. The number of esters is 1. The predicted molar refractivity (Wildman–Crippen MR) is 102 cm³/mol. The summed E-state index contributed by atoms with van der Waals surface area (Å²) in [5.41, 5.74) is 0.640. The predicted octanol–water partition coefficient (Wildman–Crippen LogP) is 3.52. The average Bonchev–Trinajstić information content (AvgIpc) is 2.68. The Kier molecular flexibility index (Phi) is 7.38. The highest BCUT2D eigenvalue weighted by atomic mass is 16.6. The molecule has 2 aromatic rings. The summed E-state index contributed by atoms with van der Waals surface area (Å²) in [5, 5.41) is 13.3. The Morgan fingerprint density at radius 2 is 1.79 bits per heavy atom.